The monoisotopic (exact) mass is 391 g/mol. The van der Waals surface area contributed by atoms with Crippen LogP contribution in [0.3, 0.4) is 0 Å². The van der Waals surface area contributed by atoms with E-state index in [4.69, 9.17) is 14.2 Å². The number of benzene rings is 1. The van der Waals surface area contributed by atoms with E-state index in [1.165, 1.54) is 19.2 Å². The molecule has 1 aromatic heterocycles. The summed E-state index contributed by atoms with van der Waals surface area (Å²) in [5.41, 5.74) is 1.69. The molecule has 0 fully saturated rings. The minimum atomic E-state index is -0.676. The number of carbonyl (C=O) groups is 3. The summed E-state index contributed by atoms with van der Waals surface area (Å²) < 4.78 is 30.1. The maximum atomic E-state index is 13.7. The molecule has 8 heteroatoms. The number of ether oxygens (including phenoxy) is 3. The molecule has 0 radical (unpaired) electrons. The molecule has 0 aliphatic heterocycles. The summed E-state index contributed by atoms with van der Waals surface area (Å²) >= 11 is 0. The predicted octanol–water partition coefficient (Wildman–Crippen LogP) is 2.86. The molecule has 2 rings (SSSR count). The van der Waals surface area contributed by atoms with Crippen molar-refractivity contribution in [1.82, 2.24) is 4.57 Å². The molecule has 7 nitrogen and oxygen atoms in total. The van der Waals surface area contributed by atoms with E-state index in [0.717, 1.165) is 6.07 Å². The molecule has 0 amide bonds. The van der Waals surface area contributed by atoms with Crippen LogP contribution < -0.4 is 4.74 Å². The Morgan fingerprint density at radius 1 is 1.11 bits per heavy atom. The van der Waals surface area contributed by atoms with Crippen molar-refractivity contribution < 1.29 is 33.0 Å². The van der Waals surface area contributed by atoms with E-state index in [1.54, 1.807) is 31.4 Å². The van der Waals surface area contributed by atoms with E-state index in [2.05, 4.69) is 0 Å². The van der Waals surface area contributed by atoms with Crippen LogP contribution in [0.4, 0.5) is 4.39 Å². The van der Waals surface area contributed by atoms with Crippen LogP contribution in [0.5, 0.6) is 5.75 Å². The first-order valence-electron chi connectivity index (χ1n) is 8.64. The van der Waals surface area contributed by atoms with Crippen molar-refractivity contribution in [3.05, 3.63) is 52.6 Å². The molecular weight excluding hydrogens is 369 g/mol. The van der Waals surface area contributed by atoms with Gasteiger partial charge in [-0.1, -0.05) is 0 Å². The first-order valence-corrected chi connectivity index (χ1v) is 8.64. The zero-order valence-corrected chi connectivity index (χ0v) is 16.2. The summed E-state index contributed by atoms with van der Waals surface area (Å²) in [4.78, 5) is 36.1. The molecule has 0 saturated heterocycles. The number of Topliss-reactive ketones (excluding diaryl/α,β-unsaturated/α-hetero) is 1. The summed E-state index contributed by atoms with van der Waals surface area (Å²) in [5, 5.41) is 0. The number of carbonyl (C=O) groups excluding carboxylic acids is 3. The van der Waals surface area contributed by atoms with Gasteiger partial charge in [0.15, 0.2) is 24.0 Å². The van der Waals surface area contributed by atoms with Gasteiger partial charge in [0.25, 0.3) is 0 Å². The van der Waals surface area contributed by atoms with Crippen LogP contribution in [0.15, 0.2) is 24.3 Å². The highest BCUT2D eigenvalue weighted by molar-refractivity contribution is 5.98. The Bertz CT molecular complexity index is 902. The van der Waals surface area contributed by atoms with Crippen molar-refractivity contribution in [2.24, 2.45) is 0 Å². The zero-order valence-electron chi connectivity index (χ0n) is 16.2. The van der Waals surface area contributed by atoms with Crippen molar-refractivity contribution in [2.45, 2.75) is 27.3 Å². The van der Waals surface area contributed by atoms with Gasteiger partial charge in [-0.2, -0.15) is 0 Å². The average Bonchev–Trinajstić information content (AvgIpc) is 2.94. The summed E-state index contributed by atoms with van der Waals surface area (Å²) in [6.45, 7) is 4.71. The molecule has 0 atom stereocenters. The van der Waals surface area contributed by atoms with Crippen LogP contribution in [-0.2, 0) is 20.8 Å². The zero-order chi connectivity index (χ0) is 20.8. The molecule has 0 bridgehead atoms. The van der Waals surface area contributed by atoms with Gasteiger partial charge in [0.05, 0.1) is 19.3 Å². The Hall–Kier alpha value is -3.16. The van der Waals surface area contributed by atoms with E-state index < -0.39 is 30.1 Å². The van der Waals surface area contributed by atoms with Gasteiger partial charge in [-0.25, -0.2) is 9.18 Å². The fourth-order valence-corrected chi connectivity index (χ4v) is 2.70. The molecular formula is C20H22FNO6. The predicted molar refractivity (Wildman–Crippen MR) is 98.1 cm³/mol. The Kier molecular flexibility index (Phi) is 6.92. The summed E-state index contributed by atoms with van der Waals surface area (Å²) in [5.74, 6) is -2.32. The summed E-state index contributed by atoms with van der Waals surface area (Å²) in [6.07, 6.45) is 0. The highest BCUT2D eigenvalue weighted by Crippen LogP contribution is 2.18. The number of methoxy groups -OCH3 is 1. The minimum absolute atomic E-state index is 0.0181. The lowest BCUT2D eigenvalue weighted by atomic mass is 10.1. The molecule has 0 aliphatic rings. The van der Waals surface area contributed by atoms with Crippen molar-refractivity contribution in [1.29, 1.82) is 0 Å². The second-order valence-electron chi connectivity index (χ2n) is 6.02. The number of ketones is 1. The lowest BCUT2D eigenvalue weighted by Gasteiger charge is -2.10. The third kappa shape index (κ3) is 4.76. The lowest BCUT2D eigenvalue weighted by molar-refractivity contribution is -0.143. The SMILES string of the molecule is CCOC(=O)c1cc(C)n(CC(=O)OCC(=O)c2ccc(OC)c(F)c2)c1C. The lowest BCUT2D eigenvalue weighted by Crippen LogP contribution is -2.20. The molecule has 0 unspecified atom stereocenters. The van der Waals surface area contributed by atoms with Crippen LogP contribution in [0.1, 0.15) is 39.0 Å². The number of hydrogen-bond donors (Lipinski definition) is 0. The molecule has 150 valence electrons. The maximum Gasteiger partial charge on any atom is 0.339 e. The minimum Gasteiger partial charge on any atom is -0.494 e. The van der Waals surface area contributed by atoms with E-state index >= 15 is 0 Å². The molecule has 2 aromatic rings. The van der Waals surface area contributed by atoms with Crippen LogP contribution in [0, 0.1) is 19.7 Å². The molecule has 28 heavy (non-hydrogen) atoms. The van der Waals surface area contributed by atoms with E-state index in [1.807, 2.05) is 0 Å². The Balaban J connectivity index is 2.00. The fourth-order valence-electron chi connectivity index (χ4n) is 2.70. The highest BCUT2D eigenvalue weighted by Gasteiger charge is 2.19. The normalized spacial score (nSPS) is 10.5. The van der Waals surface area contributed by atoms with Gasteiger partial charge in [0.1, 0.15) is 6.54 Å². The number of rotatable bonds is 8. The fraction of sp³-hybridized carbons (Fsp3) is 0.350. The van der Waals surface area contributed by atoms with Crippen LogP contribution in [-0.4, -0.2) is 42.6 Å². The first kappa shape index (κ1) is 21.1. The Morgan fingerprint density at radius 3 is 2.43 bits per heavy atom. The molecule has 1 heterocycles. The molecule has 0 spiro atoms. The van der Waals surface area contributed by atoms with Gasteiger partial charge in [-0.3, -0.25) is 9.59 Å². The molecule has 0 aliphatic carbocycles. The van der Waals surface area contributed by atoms with Crippen molar-refractivity contribution in [3.63, 3.8) is 0 Å². The van der Waals surface area contributed by atoms with Gasteiger partial charge < -0.3 is 18.8 Å². The van der Waals surface area contributed by atoms with Gasteiger partial charge in [0, 0.05) is 17.0 Å². The Labute approximate surface area is 162 Å². The third-order valence-corrected chi connectivity index (χ3v) is 4.19. The number of halogens is 1. The first-order chi connectivity index (χ1) is 13.3. The smallest absolute Gasteiger partial charge is 0.339 e. The topological polar surface area (TPSA) is 83.8 Å². The number of hydrogen-bond acceptors (Lipinski definition) is 6. The number of aryl methyl sites for hydroxylation is 1. The molecule has 0 saturated carbocycles. The number of nitrogens with zero attached hydrogens (tertiary/aromatic N) is 1. The van der Waals surface area contributed by atoms with E-state index in [-0.39, 0.29) is 24.5 Å². The van der Waals surface area contributed by atoms with Gasteiger partial charge in [-0.15, -0.1) is 0 Å². The second kappa shape index (κ2) is 9.16. The number of esters is 2. The largest absolute Gasteiger partial charge is 0.494 e. The van der Waals surface area contributed by atoms with Crippen molar-refractivity contribution in [3.8, 4) is 5.75 Å². The summed E-state index contributed by atoms with van der Waals surface area (Å²) in [6, 6.07) is 5.38. The summed E-state index contributed by atoms with van der Waals surface area (Å²) in [7, 11) is 1.32. The standard InChI is InChI=1S/C20H22FNO6/c1-5-27-20(25)15-8-12(2)22(13(15)3)10-19(24)28-11-17(23)14-6-7-18(26-4)16(21)9-14/h6-9H,5,10-11H2,1-4H3. The van der Waals surface area contributed by atoms with Crippen LogP contribution in [0.2, 0.25) is 0 Å². The number of aromatic nitrogens is 1. The third-order valence-electron chi connectivity index (χ3n) is 4.19. The maximum absolute atomic E-state index is 13.7. The molecule has 0 N–H and O–H groups in total. The van der Waals surface area contributed by atoms with Crippen molar-refractivity contribution >= 4 is 17.7 Å². The van der Waals surface area contributed by atoms with Crippen LogP contribution in [0.25, 0.3) is 0 Å². The van der Waals surface area contributed by atoms with Crippen molar-refractivity contribution in [2.75, 3.05) is 20.3 Å². The average molecular weight is 391 g/mol. The van der Waals surface area contributed by atoms with E-state index in [9.17, 15) is 18.8 Å². The quantitative estimate of drug-likeness (QED) is 0.508. The van der Waals surface area contributed by atoms with E-state index in [0.29, 0.717) is 17.0 Å². The highest BCUT2D eigenvalue weighted by atomic mass is 19.1. The van der Waals surface area contributed by atoms with Gasteiger partial charge >= 0.3 is 11.9 Å². The van der Waals surface area contributed by atoms with Gasteiger partial charge in [0.2, 0.25) is 0 Å². The molecule has 1 aromatic carbocycles. The van der Waals surface area contributed by atoms with Gasteiger partial charge in [-0.05, 0) is 45.0 Å². The Morgan fingerprint density at radius 2 is 1.82 bits per heavy atom. The second-order valence-corrected chi connectivity index (χ2v) is 6.02. The van der Waals surface area contributed by atoms with Crippen LogP contribution >= 0.6 is 0 Å².